The summed E-state index contributed by atoms with van der Waals surface area (Å²) in [5.74, 6) is 0. The Bertz CT molecular complexity index is 343. The first-order chi connectivity index (χ1) is 5.43. The van der Waals surface area contributed by atoms with Crippen LogP contribution in [-0.2, 0) is 6.18 Å². The van der Waals surface area contributed by atoms with Gasteiger partial charge in [0.1, 0.15) is 4.64 Å². The zero-order chi connectivity index (χ0) is 9.35. The number of pyridine rings is 1. The molecule has 0 unspecified atom stereocenters. The van der Waals surface area contributed by atoms with Gasteiger partial charge in [0.2, 0.25) is 0 Å². The molecule has 1 nitrogen and oxygen atoms in total. The molecule has 1 aromatic rings. The summed E-state index contributed by atoms with van der Waals surface area (Å²) in [5.41, 5.74) is -0.688. The molecule has 0 bridgehead atoms. The molecule has 0 spiro atoms. The van der Waals surface area contributed by atoms with Crippen molar-refractivity contribution < 1.29 is 13.2 Å². The van der Waals surface area contributed by atoms with E-state index in [-0.39, 0.29) is 8.21 Å². The molecule has 6 heteroatoms. The van der Waals surface area contributed by atoms with E-state index in [1.807, 2.05) is 0 Å². The second-order valence-corrected chi connectivity index (χ2v) is 3.52. The summed E-state index contributed by atoms with van der Waals surface area (Å²) >= 11 is 6.22. The summed E-state index contributed by atoms with van der Waals surface area (Å²) in [6, 6.07) is 0.970. The van der Waals surface area contributed by atoms with Gasteiger partial charge in [0.25, 0.3) is 0 Å². The minimum absolute atomic E-state index is 0.0394. The zero-order valence-corrected chi connectivity index (χ0v) is 8.55. The SMILES string of the molecule is FC(F)(F)c1cc[nH]c(=S)c1I. The Hall–Kier alpha value is -0.110. The third-order valence-corrected chi connectivity index (χ3v) is 3.01. The van der Waals surface area contributed by atoms with E-state index in [9.17, 15) is 13.2 Å². The molecule has 0 saturated carbocycles. The van der Waals surface area contributed by atoms with E-state index in [4.69, 9.17) is 0 Å². The van der Waals surface area contributed by atoms with Crippen molar-refractivity contribution in [2.75, 3.05) is 0 Å². The van der Waals surface area contributed by atoms with E-state index in [0.717, 1.165) is 6.07 Å². The molecule has 0 saturated heterocycles. The molecule has 1 N–H and O–H groups in total. The monoisotopic (exact) mass is 305 g/mol. The van der Waals surface area contributed by atoms with Gasteiger partial charge >= 0.3 is 6.18 Å². The van der Waals surface area contributed by atoms with Crippen molar-refractivity contribution in [2.24, 2.45) is 0 Å². The highest BCUT2D eigenvalue weighted by atomic mass is 127. The largest absolute Gasteiger partial charge is 0.417 e. The van der Waals surface area contributed by atoms with E-state index in [1.165, 1.54) is 6.20 Å². The van der Waals surface area contributed by atoms with Crippen molar-refractivity contribution >= 4 is 34.8 Å². The molecule has 1 aromatic heterocycles. The minimum Gasteiger partial charge on any atom is -0.352 e. The molecule has 0 amide bonds. The molecular formula is C6H3F3INS. The number of alkyl halides is 3. The first-order valence-electron chi connectivity index (χ1n) is 2.87. The van der Waals surface area contributed by atoms with Crippen LogP contribution in [0.2, 0.25) is 0 Å². The second-order valence-electron chi connectivity index (χ2n) is 2.03. The molecule has 0 radical (unpaired) electrons. The van der Waals surface area contributed by atoms with Gasteiger partial charge in [-0.1, -0.05) is 12.2 Å². The molecule has 1 heterocycles. The number of nitrogens with one attached hydrogen (secondary N) is 1. The number of hydrogen-bond donors (Lipinski definition) is 1. The standard InChI is InChI=1S/C6H3F3INS/c7-6(8,9)3-1-2-11-5(12)4(3)10/h1-2H,(H,11,12). The quantitative estimate of drug-likeness (QED) is 0.574. The highest BCUT2D eigenvalue weighted by Gasteiger charge is 2.32. The highest BCUT2D eigenvalue weighted by molar-refractivity contribution is 14.1. The van der Waals surface area contributed by atoms with E-state index >= 15 is 0 Å². The highest BCUT2D eigenvalue weighted by Crippen LogP contribution is 2.32. The fourth-order valence-corrected chi connectivity index (χ4v) is 1.50. The number of hydrogen-bond acceptors (Lipinski definition) is 1. The average molecular weight is 305 g/mol. The Kier molecular flexibility index (Phi) is 2.77. The van der Waals surface area contributed by atoms with E-state index in [2.05, 4.69) is 17.2 Å². The van der Waals surface area contributed by atoms with Crippen LogP contribution in [-0.4, -0.2) is 4.98 Å². The number of halogens is 4. The lowest BCUT2D eigenvalue weighted by Crippen LogP contribution is -2.07. The molecule has 66 valence electrons. The molecule has 12 heavy (non-hydrogen) atoms. The summed E-state index contributed by atoms with van der Waals surface area (Å²) in [7, 11) is 0. The molecule has 0 aliphatic rings. The summed E-state index contributed by atoms with van der Waals surface area (Å²) < 4.78 is 36.6. The van der Waals surface area contributed by atoms with Crippen molar-refractivity contribution in [1.82, 2.24) is 4.98 Å². The summed E-state index contributed by atoms with van der Waals surface area (Å²) in [6.45, 7) is 0. The maximum atomic E-state index is 12.2. The van der Waals surface area contributed by atoms with Crippen LogP contribution in [0.4, 0.5) is 13.2 Å². The second kappa shape index (κ2) is 3.33. The predicted octanol–water partition coefficient (Wildman–Crippen LogP) is 3.37. The lowest BCUT2D eigenvalue weighted by Gasteiger charge is -2.07. The third-order valence-electron chi connectivity index (χ3n) is 1.21. The van der Waals surface area contributed by atoms with Crippen LogP contribution in [0.15, 0.2) is 12.3 Å². The van der Waals surface area contributed by atoms with Crippen molar-refractivity contribution in [3.05, 3.63) is 26.0 Å². The molecule has 0 atom stereocenters. The van der Waals surface area contributed by atoms with Crippen molar-refractivity contribution in [2.45, 2.75) is 6.18 Å². The zero-order valence-electron chi connectivity index (χ0n) is 5.57. The Morgan fingerprint density at radius 3 is 2.42 bits per heavy atom. The third kappa shape index (κ3) is 1.98. The van der Waals surface area contributed by atoms with Crippen LogP contribution in [0.1, 0.15) is 5.56 Å². The van der Waals surface area contributed by atoms with Crippen molar-refractivity contribution in [1.29, 1.82) is 0 Å². The average Bonchev–Trinajstić information content (AvgIpc) is 1.92. The van der Waals surface area contributed by atoms with Crippen LogP contribution in [0, 0.1) is 8.21 Å². The summed E-state index contributed by atoms with van der Waals surface area (Å²) in [5, 5.41) is 0. The van der Waals surface area contributed by atoms with Gasteiger partial charge in [-0.15, -0.1) is 0 Å². The molecule has 0 fully saturated rings. The summed E-state index contributed by atoms with van der Waals surface area (Å²) in [6.07, 6.45) is -3.13. The van der Waals surface area contributed by atoms with Gasteiger partial charge < -0.3 is 4.98 Å². The topological polar surface area (TPSA) is 15.8 Å². The molecular weight excluding hydrogens is 302 g/mol. The van der Waals surface area contributed by atoms with Crippen LogP contribution in [0.5, 0.6) is 0 Å². The number of rotatable bonds is 0. The van der Waals surface area contributed by atoms with Gasteiger partial charge in [-0.2, -0.15) is 13.2 Å². The molecule has 0 aliphatic carbocycles. The fraction of sp³-hybridized carbons (Fsp3) is 0.167. The van der Waals surface area contributed by atoms with Crippen LogP contribution < -0.4 is 0 Å². The van der Waals surface area contributed by atoms with E-state index in [0.29, 0.717) is 0 Å². The predicted molar refractivity (Wildman–Crippen MR) is 49.3 cm³/mol. The fourth-order valence-electron chi connectivity index (χ4n) is 0.678. The Labute approximate surface area is 85.1 Å². The minimum atomic E-state index is -4.32. The van der Waals surface area contributed by atoms with Crippen LogP contribution in [0.3, 0.4) is 0 Å². The Morgan fingerprint density at radius 1 is 1.42 bits per heavy atom. The summed E-state index contributed by atoms with van der Waals surface area (Å²) in [4.78, 5) is 2.52. The first kappa shape index (κ1) is 9.97. The first-order valence-corrected chi connectivity index (χ1v) is 4.36. The Morgan fingerprint density at radius 2 is 2.00 bits per heavy atom. The lowest BCUT2D eigenvalue weighted by atomic mass is 10.3. The molecule has 1 rings (SSSR count). The van der Waals surface area contributed by atoms with Gasteiger partial charge in [0.05, 0.1) is 9.13 Å². The maximum Gasteiger partial charge on any atom is 0.417 e. The molecule has 0 aromatic carbocycles. The van der Waals surface area contributed by atoms with Gasteiger partial charge in [-0.05, 0) is 28.7 Å². The normalized spacial score (nSPS) is 11.7. The maximum absolute atomic E-state index is 12.2. The van der Waals surface area contributed by atoms with E-state index in [1.54, 1.807) is 22.6 Å². The van der Waals surface area contributed by atoms with E-state index < -0.39 is 11.7 Å². The van der Waals surface area contributed by atoms with Gasteiger partial charge in [0.15, 0.2) is 0 Å². The van der Waals surface area contributed by atoms with Crippen molar-refractivity contribution in [3.8, 4) is 0 Å². The van der Waals surface area contributed by atoms with Gasteiger partial charge in [0, 0.05) is 6.20 Å². The number of H-pyrrole nitrogens is 1. The van der Waals surface area contributed by atoms with Gasteiger partial charge in [-0.3, -0.25) is 0 Å². The van der Waals surface area contributed by atoms with Gasteiger partial charge in [-0.25, -0.2) is 0 Å². The number of aromatic amines is 1. The lowest BCUT2D eigenvalue weighted by molar-refractivity contribution is -0.138. The van der Waals surface area contributed by atoms with Crippen LogP contribution in [0.25, 0.3) is 0 Å². The Balaban J connectivity index is 3.36. The van der Waals surface area contributed by atoms with Crippen LogP contribution >= 0.6 is 34.8 Å². The smallest absolute Gasteiger partial charge is 0.352 e. The number of aromatic nitrogens is 1. The van der Waals surface area contributed by atoms with Crippen molar-refractivity contribution in [3.63, 3.8) is 0 Å². The molecule has 0 aliphatic heterocycles.